The number of hydrogen-bond donors (Lipinski definition) is 0. The van der Waals surface area contributed by atoms with Crippen LogP contribution in [0.5, 0.6) is 0 Å². The van der Waals surface area contributed by atoms with Crippen molar-refractivity contribution in [1.82, 2.24) is 0 Å². The van der Waals surface area contributed by atoms with Gasteiger partial charge in [0.15, 0.2) is 0 Å². The first kappa shape index (κ1) is 16.7. The Morgan fingerprint density at radius 3 is 2.36 bits per heavy atom. The molecular weight excluding hydrogens is 272 g/mol. The standard InChI is InChI=1S/C19H38N2O/c1-20(11-5-3-6-12-20)15-16-22-17-18-9-8-14-21(2)13-7-4-10-19(18)21/h18-19H,3-17H2,1-2H3/q+2/t18-,19+,21-/m0/s1. The van der Waals surface area contributed by atoms with Crippen molar-refractivity contribution in [2.24, 2.45) is 5.92 Å². The van der Waals surface area contributed by atoms with Crippen LogP contribution in [0.3, 0.4) is 0 Å². The molecule has 0 saturated carbocycles. The van der Waals surface area contributed by atoms with E-state index in [0.717, 1.165) is 25.2 Å². The highest BCUT2D eigenvalue weighted by Gasteiger charge is 2.43. The summed E-state index contributed by atoms with van der Waals surface area (Å²) in [4.78, 5) is 0. The Labute approximate surface area is 137 Å². The van der Waals surface area contributed by atoms with Gasteiger partial charge in [-0.3, -0.25) is 0 Å². The van der Waals surface area contributed by atoms with Crippen LogP contribution in [0.1, 0.15) is 51.4 Å². The second-order valence-corrected chi connectivity index (χ2v) is 8.82. The number of likely N-dealkylation sites (tertiary alicyclic amines) is 1. The molecule has 3 aliphatic rings. The molecule has 0 aliphatic carbocycles. The zero-order chi connectivity index (χ0) is 15.5. The van der Waals surface area contributed by atoms with Gasteiger partial charge in [0.1, 0.15) is 6.54 Å². The lowest BCUT2D eigenvalue weighted by atomic mass is 9.82. The van der Waals surface area contributed by atoms with Crippen molar-refractivity contribution in [2.45, 2.75) is 57.4 Å². The average Bonchev–Trinajstić information content (AvgIpc) is 2.51. The Morgan fingerprint density at radius 1 is 0.818 bits per heavy atom. The summed E-state index contributed by atoms with van der Waals surface area (Å²) in [5, 5.41) is 0. The summed E-state index contributed by atoms with van der Waals surface area (Å²) in [7, 11) is 4.94. The highest BCUT2D eigenvalue weighted by Crippen LogP contribution is 2.36. The summed E-state index contributed by atoms with van der Waals surface area (Å²) in [6.45, 7) is 8.78. The summed E-state index contributed by atoms with van der Waals surface area (Å²) >= 11 is 0. The first-order valence-electron chi connectivity index (χ1n) is 9.87. The second-order valence-electron chi connectivity index (χ2n) is 8.82. The van der Waals surface area contributed by atoms with Gasteiger partial charge in [-0.25, -0.2) is 0 Å². The van der Waals surface area contributed by atoms with Crippen LogP contribution in [-0.2, 0) is 4.74 Å². The molecule has 3 nitrogen and oxygen atoms in total. The third-order valence-corrected chi connectivity index (χ3v) is 7.01. The highest BCUT2D eigenvalue weighted by molar-refractivity contribution is 4.78. The molecule has 0 unspecified atom stereocenters. The lowest BCUT2D eigenvalue weighted by Crippen LogP contribution is -2.61. The van der Waals surface area contributed by atoms with Crippen LogP contribution in [-0.4, -0.2) is 75.0 Å². The van der Waals surface area contributed by atoms with Crippen molar-refractivity contribution in [3.8, 4) is 0 Å². The maximum Gasteiger partial charge on any atom is 0.102 e. The van der Waals surface area contributed by atoms with Crippen LogP contribution in [0.15, 0.2) is 0 Å². The van der Waals surface area contributed by atoms with Gasteiger partial charge in [0.05, 0.1) is 59.5 Å². The molecule has 0 bridgehead atoms. The summed E-state index contributed by atoms with van der Waals surface area (Å²) < 4.78 is 8.81. The Bertz CT molecular complexity index is 349. The van der Waals surface area contributed by atoms with Gasteiger partial charge in [-0.15, -0.1) is 0 Å². The molecule has 3 saturated heterocycles. The lowest BCUT2D eigenvalue weighted by Gasteiger charge is -2.51. The normalized spacial score (nSPS) is 38.5. The first-order chi connectivity index (χ1) is 10.6. The Morgan fingerprint density at radius 2 is 1.55 bits per heavy atom. The number of hydrogen-bond acceptors (Lipinski definition) is 1. The average molecular weight is 311 g/mol. The molecule has 0 spiro atoms. The van der Waals surface area contributed by atoms with Crippen molar-refractivity contribution >= 4 is 0 Å². The van der Waals surface area contributed by atoms with Gasteiger partial charge in [-0.05, 0) is 44.9 Å². The third kappa shape index (κ3) is 3.85. The van der Waals surface area contributed by atoms with E-state index >= 15 is 0 Å². The van der Waals surface area contributed by atoms with E-state index in [9.17, 15) is 0 Å². The van der Waals surface area contributed by atoms with Gasteiger partial charge in [0, 0.05) is 12.3 Å². The number of nitrogens with zero attached hydrogens (tertiary/aromatic N) is 2. The van der Waals surface area contributed by atoms with E-state index in [1.54, 1.807) is 0 Å². The fraction of sp³-hybridized carbons (Fsp3) is 1.00. The predicted octanol–water partition coefficient (Wildman–Crippen LogP) is 3.04. The minimum Gasteiger partial charge on any atom is -0.375 e. The number of likely N-dealkylation sites (N-methyl/N-ethyl adjacent to an activating group) is 1. The minimum absolute atomic E-state index is 0.825. The molecule has 0 amide bonds. The fourth-order valence-electron chi connectivity index (χ4n) is 5.45. The molecule has 22 heavy (non-hydrogen) atoms. The Kier molecular flexibility index (Phi) is 5.47. The second kappa shape index (κ2) is 7.19. The van der Waals surface area contributed by atoms with Crippen LogP contribution in [0.25, 0.3) is 0 Å². The Hall–Kier alpha value is -0.120. The maximum atomic E-state index is 6.21. The summed E-state index contributed by atoms with van der Waals surface area (Å²) in [5.74, 6) is 0.825. The van der Waals surface area contributed by atoms with Gasteiger partial charge < -0.3 is 13.7 Å². The number of rotatable bonds is 5. The number of piperidine rings is 3. The van der Waals surface area contributed by atoms with Gasteiger partial charge in [0.25, 0.3) is 0 Å². The molecule has 3 atom stereocenters. The van der Waals surface area contributed by atoms with Crippen LogP contribution in [0, 0.1) is 5.92 Å². The molecule has 0 N–H and O–H groups in total. The highest BCUT2D eigenvalue weighted by atomic mass is 16.5. The molecule has 128 valence electrons. The number of ether oxygens (including phenoxy) is 1. The van der Waals surface area contributed by atoms with Crippen LogP contribution in [0.2, 0.25) is 0 Å². The third-order valence-electron chi connectivity index (χ3n) is 7.01. The summed E-state index contributed by atoms with van der Waals surface area (Å²) in [6, 6.07) is 0.891. The van der Waals surface area contributed by atoms with Crippen LogP contribution in [0.4, 0.5) is 0 Å². The molecule has 0 radical (unpaired) electrons. The largest absolute Gasteiger partial charge is 0.375 e. The SMILES string of the molecule is C[N+]1(CCOC[C@@H]2CCC[N@+]3(C)CCCC[C@H]23)CCCCC1. The minimum atomic E-state index is 0.825. The topological polar surface area (TPSA) is 9.23 Å². The van der Waals surface area contributed by atoms with E-state index < -0.39 is 0 Å². The molecular formula is C19H38N2O+2. The monoisotopic (exact) mass is 310 g/mol. The van der Waals surface area contributed by atoms with Gasteiger partial charge in [0.2, 0.25) is 0 Å². The van der Waals surface area contributed by atoms with Gasteiger partial charge >= 0.3 is 0 Å². The smallest absolute Gasteiger partial charge is 0.102 e. The zero-order valence-corrected chi connectivity index (χ0v) is 15.1. The number of fused-ring (bicyclic) bond motifs is 1. The lowest BCUT2D eigenvalue weighted by molar-refractivity contribution is -0.947. The van der Waals surface area contributed by atoms with E-state index in [1.165, 1.54) is 93.1 Å². The number of quaternary nitrogens is 2. The summed E-state index contributed by atoms with van der Waals surface area (Å²) in [6.07, 6.45) is 11.4. The van der Waals surface area contributed by atoms with Crippen molar-refractivity contribution < 1.29 is 13.7 Å². The molecule has 3 fully saturated rings. The maximum absolute atomic E-state index is 6.21. The van der Waals surface area contributed by atoms with E-state index in [0.29, 0.717) is 0 Å². The van der Waals surface area contributed by atoms with E-state index in [-0.39, 0.29) is 0 Å². The first-order valence-corrected chi connectivity index (χ1v) is 9.87. The summed E-state index contributed by atoms with van der Waals surface area (Å²) in [5.41, 5.74) is 0. The molecule has 3 aliphatic heterocycles. The molecule has 3 rings (SSSR count). The van der Waals surface area contributed by atoms with E-state index in [1.807, 2.05) is 0 Å². The molecule has 3 heteroatoms. The quantitative estimate of drug-likeness (QED) is 0.560. The van der Waals surface area contributed by atoms with Crippen molar-refractivity contribution in [3.05, 3.63) is 0 Å². The molecule has 0 aromatic carbocycles. The van der Waals surface area contributed by atoms with Crippen molar-refractivity contribution in [2.75, 3.05) is 60.0 Å². The molecule has 0 aromatic rings. The molecule has 0 aromatic heterocycles. The van der Waals surface area contributed by atoms with Gasteiger partial charge in [-0.1, -0.05) is 0 Å². The fourth-order valence-corrected chi connectivity index (χ4v) is 5.45. The van der Waals surface area contributed by atoms with Crippen LogP contribution < -0.4 is 0 Å². The zero-order valence-electron chi connectivity index (χ0n) is 15.1. The van der Waals surface area contributed by atoms with Crippen molar-refractivity contribution in [1.29, 1.82) is 0 Å². The Balaban J connectivity index is 1.43. The van der Waals surface area contributed by atoms with Crippen molar-refractivity contribution in [3.63, 3.8) is 0 Å². The van der Waals surface area contributed by atoms with E-state index in [4.69, 9.17) is 4.74 Å². The predicted molar refractivity (Wildman–Crippen MR) is 91.7 cm³/mol. The molecule has 3 heterocycles. The van der Waals surface area contributed by atoms with E-state index in [2.05, 4.69) is 14.1 Å². The van der Waals surface area contributed by atoms with Crippen LogP contribution >= 0.6 is 0 Å². The van der Waals surface area contributed by atoms with Gasteiger partial charge in [-0.2, -0.15) is 0 Å².